The lowest BCUT2D eigenvalue weighted by Gasteiger charge is -2.10. The zero-order valence-electron chi connectivity index (χ0n) is 16.9. The molecule has 4 rings (SSSR count). The van der Waals surface area contributed by atoms with E-state index in [0.29, 0.717) is 39.1 Å². The Balaban J connectivity index is 1.36. The van der Waals surface area contributed by atoms with Gasteiger partial charge in [0.25, 0.3) is 5.56 Å². The molecule has 2 heterocycles. The van der Waals surface area contributed by atoms with Gasteiger partial charge in [-0.05, 0) is 61.0 Å². The Bertz CT molecular complexity index is 1360. The van der Waals surface area contributed by atoms with E-state index in [1.807, 2.05) is 0 Å². The number of hydrogen-bond acceptors (Lipinski definition) is 4. The number of ether oxygens (including phenoxy) is 1. The average Bonchev–Trinajstić information content (AvgIpc) is 2.76. The van der Waals surface area contributed by atoms with E-state index in [1.165, 1.54) is 22.7 Å². The first-order chi connectivity index (χ1) is 15.4. The molecule has 0 unspecified atom stereocenters. The highest BCUT2D eigenvalue weighted by atomic mass is 35.5. The summed E-state index contributed by atoms with van der Waals surface area (Å²) >= 11 is 5.91. The molecule has 2 amide bonds. The number of carbonyl (C=O) groups is 1. The number of aryl methyl sites for hydroxylation is 1. The van der Waals surface area contributed by atoms with Gasteiger partial charge in [-0.15, -0.1) is 0 Å². The number of anilines is 2. The molecular weight excluding hydrogens is 435 g/mol. The minimum absolute atomic E-state index is 0.0978. The first kappa shape index (κ1) is 21.3. The van der Waals surface area contributed by atoms with Crippen molar-refractivity contribution >= 4 is 34.7 Å². The molecule has 2 aromatic carbocycles. The summed E-state index contributed by atoms with van der Waals surface area (Å²) in [5, 5.41) is 5.68. The molecule has 7 nitrogen and oxygen atoms in total. The number of nitrogens with one attached hydrogen (secondary N) is 2. The lowest BCUT2D eigenvalue weighted by Crippen LogP contribution is -2.19. The number of benzene rings is 2. The van der Waals surface area contributed by atoms with Crippen LogP contribution in [0.3, 0.4) is 0 Å². The summed E-state index contributed by atoms with van der Waals surface area (Å²) in [7, 11) is 0. The molecule has 4 aromatic rings. The van der Waals surface area contributed by atoms with Crippen molar-refractivity contribution in [2.45, 2.75) is 13.5 Å². The topological polar surface area (TPSA) is 84.7 Å². The van der Waals surface area contributed by atoms with E-state index in [-0.39, 0.29) is 12.2 Å². The molecule has 32 heavy (non-hydrogen) atoms. The van der Waals surface area contributed by atoms with Crippen molar-refractivity contribution in [3.63, 3.8) is 0 Å². The van der Waals surface area contributed by atoms with Gasteiger partial charge >= 0.3 is 6.03 Å². The lowest BCUT2D eigenvalue weighted by atomic mass is 10.2. The van der Waals surface area contributed by atoms with Gasteiger partial charge in [0.1, 0.15) is 23.8 Å². The highest BCUT2D eigenvalue weighted by molar-refractivity contribution is 6.30. The zero-order chi connectivity index (χ0) is 22.7. The van der Waals surface area contributed by atoms with Gasteiger partial charge in [-0.3, -0.25) is 9.20 Å². The van der Waals surface area contributed by atoms with Crippen LogP contribution in [0, 0.1) is 12.7 Å². The normalized spacial score (nSPS) is 10.7. The maximum absolute atomic E-state index is 13.6. The van der Waals surface area contributed by atoms with Crippen LogP contribution in [-0.4, -0.2) is 15.4 Å². The van der Waals surface area contributed by atoms with Crippen LogP contribution in [0.4, 0.5) is 20.6 Å². The van der Waals surface area contributed by atoms with Crippen molar-refractivity contribution in [2.24, 2.45) is 0 Å². The minimum Gasteiger partial charge on any atom is -0.487 e. The Morgan fingerprint density at radius 3 is 2.53 bits per heavy atom. The van der Waals surface area contributed by atoms with E-state index in [4.69, 9.17) is 16.3 Å². The predicted molar refractivity (Wildman–Crippen MR) is 121 cm³/mol. The summed E-state index contributed by atoms with van der Waals surface area (Å²) in [4.78, 5) is 28.7. The summed E-state index contributed by atoms with van der Waals surface area (Å²) < 4.78 is 20.7. The van der Waals surface area contributed by atoms with Gasteiger partial charge in [0, 0.05) is 23.6 Å². The second-order valence-corrected chi connectivity index (χ2v) is 7.45. The van der Waals surface area contributed by atoms with E-state index in [9.17, 15) is 14.0 Å². The number of hydrogen-bond donors (Lipinski definition) is 2. The van der Waals surface area contributed by atoms with Crippen LogP contribution in [0.1, 0.15) is 11.3 Å². The predicted octanol–water partition coefficient (Wildman–Crippen LogP) is 5.02. The summed E-state index contributed by atoms with van der Waals surface area (Å²) in [5.74, 6) is 0.145. The molecule has 2 aromatic heterocycles. The smallest absolute Gasteiger partial charge is 0.323 e. The number of pyridine rings is 1. The Labute approximate surface area is 187 Å². The van der Waals surface area contributed by atoms with Crippen LogP contribution < -0.4 is 20.9 Å². The standard InChI is InChI=1S/C23H18ClFN4O3/c1-14-2-4-17(10-20(14)25)28-23(31)27-16-5-7-19(8-6-16)32-13-18-11-22(30)29-12-15(24)3-9-21(29)26-18/h2-12H,13H2,1H3,(H2,27,28,31). The number of halogens is 2. The van der Waals surface area contributed by atoms with Crippen LogP contribution in [0.2, 0.25) is 5.02 Å². The van der Waals surface area contributed by atoms with Crippen LogP contribution in [0.15, 0.2) is 71.7 Å². The van der Waals surface area contributed by atoms with Gasteiger partial charge in [-0.2, -0.15) is 0 Å². The third-order valence-electron chi connectivity index (χ3n) is 4.61. The maximum Gasteiger partial charge on any atom is 0.323 e. The highest BCUT2D eigenvalue weighted by Gasteiger charge is 2.07. The molecule has 0 aliphatic rings. The third-order valence-corrected chi connectivity index (χ3v) is 4.83. The van der Waals surface area contributed by atoms with Crippen molar-refractivity contribution in [3.8, 4) is 5.75 Å². The number of nitrogens with zero attached hydrogens (tertiary/aromatic N) is 2. The molecule has 0 fully saturated rings. The molecule has 9 heteroatoms. The highest BCUT2D eigenvalue weighted by Crippen LogP contribution is 2.18. The third kappa shape index (κ3) is 5.04. The molecule has 2 N–H and O–H groups in total. The van der Waals surface area contributed by atoms with Crippen molar-refractivity contribution in [1.29, 1.82) is 0 Å². The van der Waals surface area contributed by atoms with E-state index in [2.05, 4.69) is 15.6 Å². The van der Waals surface area contributed by atoms with Gasteiger partial charge in [-0.25, -0.2) is 14.2 Å². The number of urea groups is 1. The van der Waals surface area contributed by atoms with Crippen LogP contribution in [0.25, 0.3) is 5.65 Å². The summed E-state index contributed by atoms with van der Waals surface area (Å²) in [5.41, 5.74) is 2.08. The fourth-order valence-corrected chi connectivity index (χ4v) is 3.12. The number of carbonyl (C=O) groups excluding carboxylic acids is 1. The van der Waals surface area contributed by atoms with Gasteiger partial charge < -0.3 is 15.4 Å². The number of amides is 2. The second kappa shape index (κ2) is 9.07. The zero-order valence-corrected chi connectivity index (χ0v) is 17.7. The molecule has 0 bridgehead atoms. The summed E-state index contributed by atoms with van der Waals surface area (Å²) in [6.07, 6.45) is 1.51. The molecular formula is C23H18ClFN4O3. The first-order valence-corrected chi connectivity index (χ1v) is 10.00. The Morgan fingerprint density at radius 2 is 1.78 bits per heavy atom. The molecule has 0 aliphatic carbocycles. The SMILES string of the molecule is Cc1ccc(NC(=O)Nc2ccc(OCc3cc(=O)n4cc(Cl)ccc4n3)cc2)cc1F. The van der Waals surface area contributed by atoms with E-state index < -0.39 is 11.8 Å². The lowest BCUT2D eigenvalue weighted by molar-refractivity contribution is 0.262. The van der Waals surface area contributed by atoms with Crippen molar-refractivity contribution in [2.75, 3.05) is 10.6 Å². The van der Waals surface area contributed by atoms with Crippen LogP contribution in [-0.2, 0) is 6.61 Å². The van der Waals surface area contributed by atoms with Gasteiger partial charge in [-0.1, -0.05) is 17.7 Å². The maximum atomic E-state index is 13.6. The second-order valence-electron chi connectivity index (χ2n) is 7.02. The molecule has 0 atom stereocenters. The Kier molecular flexibility index (Phi) is 6.04. The quantitative estimate of drug-likeness (QED) is 0.445. The number of aromatic nitrogens is 2. The van der Waals surface area contributed by atoms with Gasteiger partial charge in [0.2, 0.25) is 0 Å². The Morgan fingerprint density at radius 1 is 1.06 bits per heavy atom. The first-order valence-electron chi connectivity index (χ1n) is 9.62. The Hall–Kier alpha value is -3.91. The van der Waals surface area contributed by atoms with Gasteiger partial charge in [0.15, 0.2) is 0 Å². The largest absolute Gasteiger partial charge is 0.487 e. The van der Waals surface area contributed by atoms with E-state index in [0.717, 1.165) is 0 Å². The van der Waals surface area contributed by atoms with E-state index in [1.54, 1.807) is 55.5 Å². The van der Waals surface area contributed by atoms with Crippen LogP contribution in [0.5, 0.6) is 5.75 Å². The number of fused-ring (bicyclic) bond motifs is 1. The van der Waals surface area contributed by atoms with Crippen molar-refractivity contribution < 1.29 is 13.9 Å². The monoisotopic (exact) mass is 452 g/mol. The average molecular weight is 453 g/mol. The molecule has 0 saturated carbocycles. The minimum atomic E-state index is -0.497. The fourth-order valence-electron chi connectivity index (χ4n) is 2.96. The molecule has 0 spiro atoms. The van der Waals surface area contributed by atoms with Crippen LogP contribution >= 0.6 is 11.6 Å². The van der Waals surface area contributed by atoms with Gasteiger partial charge in [0.05, 0.1) is 10.7 Å². The number of rotatable bonds is 5. The molecule has 0 radical (unpaired) electrons. The molecule has 0 saturated heterocycles. The van der Waals surface area contributed by atoms with E-state index >= 15 is 0 Å². The summed E-state index contributed by atoms with van der Waals surface area (Å²) in [6, 6.07) is 15.3. The summed E-state index contributed by atoms with van der Waals surface area (Å²) in [6.45, 7) is 1.74. The molecule has 162 valence electrons. The van der Waals surface area contributed by atoms with Crippen molar-refractivity contribution in [1.82, 2.24) is 9.38 Å². The fraction of sp³-hybridized carbons (Fsp3) is 0.0870. The van der Waals surface area contributed by atoms with Crippen molar-refractivity contribution in [3.05, 3.63) is 99.3 Å². The molecule has 0 aliphatic heterocycles.